The van der Waals surface area contributed by atoms with Crippen molar-refractivity contribution >= 4 is 5.91 Å². The molecule has 2 N–H and O–H groups in total. The summed E-state index contributed by atoms with van der Waals surface area (Å²) in [5.41, 5.74) is 1.01. The van der Waals surface area contributed by atoms with E-state index in [1.54, 1.807) is 0 Å². The average molecular weight is 237 g/mol. The Balaban J connectivity index is 2.22. The zero-order valence-electron chi connectivity index (χ0n) is 10.1. The SMILES string of the molecule is Cc1ccccc1OCC(=O)NCCCCO. The predicted molar refractivity (Wildman–Crippen MR) is 66.0 cm³/mol. The van der Waals surface area contributed by atoms with Gasteiger partial charge in [-0.1, -0.05) is 18.2 Å². The number of ether oxygens (including phenoxy) is 1. The molecule has 0 saturated heterocycles. The number of aryl methyl sites for hydroxylation is 1. The molecule has 1 rings (SSSR count). The van der Waals surface area contributed by atoms with Gasteiger partial charge in [0.15, 0.2) is 6.61 Å². The van der Waals surface area contributed by atoms with Crippen LogP contribution in [-0.2, 0) is 4.79 Å². The lowest BCUT2D eigenvalue weighted by Crippen LogP contribution is -2.29. The van der Waals surface area contributed by atoms with E-state index in [9.17, 15) is 4.79 Å². The van der Waals surface area contributed by atoms with Crippen LogP contribution >= 0.6 is 0 Å². The molecule has 0 bridgehead atoms. The fourth-order valence-corrected chi connectivity index (χ4v) is 1.38. The number of unbranched alkanes of at least 4 members (excludes halogenated alkanes) is 1. The molecule has 4 nitrogen and oxygen atoms in total. The zero-order chi connectivity index (χ0) is 12.5. The fraction of sp³-hybridized carbons (Fsp3) is 0.462. The number of carbonyl (C=O) groups is 1. The van der Waals surface area contributed by atoms with Crippen molar-refractivity contribution in [2.45, 2.75) is 19.8 Å². The minimum absolute atomic E-state index is 0.0317. The quantitative estimate of drug-likeness (QED) is 0.702. The molecule has 1 aromatic rings. The largest absolute Gasteiger partial charge is 0.484 e. The molecule has 94 valence electrons. The Morgan fingerprint density at radius 3 is 2.82 bits per heavy atom. The molecule has 0 aliphatic rings. The lowest BCUT2D eigenvalue weighted by atomic mass is 10.2. The van der Waals surface area contributed by atoms with Gasteiger partial charge in [0.25, 0.3) is 5.91 Å². The smallest absolute Gasteiger partial charge is 0.257 e. The van der Waals surface area contributed by atoms with Crippen molar-refractivity contribution in [3.63, 3.8) is 0 Å². The van der Waals surface area contributed by atoms with Crippen LogP contribution in [0, 0.1) is 6.92 Å². The van der Waals surface area contributed by atoms with Gasteiger partial charge in [0.05, 0.1) is 0 Å². The van der Waals surface area contributed by atoms with Gasteiger partial charge < -0.3 is 15.2 Å². The number of para-hydroxylation sites is 1. The van der Waals surface area contributed by atoms with Crippen LogP contribution in [0.4, 0.5) is 0 Å². The Morgan fingerprint density at radius 2 is 2.12 bits per heavy atom. The highest BCUT2D eigenvalue weighted by atomic mass is 16.5. The third-order valence-corrected chi connectivity index (χ3v) is 2.36. The Kier molecular flexibility index (Phi) is 6.10. The molecule has 0 atom stereocenters. The topological polar surface area (TPSA) is 58.6 Å². The van der Waals surface area contributed by atoms with Crippen LogP contribution < -0.4 is 10.1 Å². The van der Waals surface area contributed by atoms with Crippen molar-refractivity contribution in [1.82, 2.24) is 5.32 Å². The summed E-state index contributed by atoms with van der Waals surface area (Å²) in [6, 6.07) is 7.58. The van der Waals surface area contributed by atoms with E-state index < -0.39 is 0 Å². The van der Waals surface area contributed by atoms with Crippen LogP contribution in [0.15, 0.2) is 24.3 Å². The molecule has 0 heterocycles. The van der Waals surface area contributed by atoms with E-state index in [4.69, 9.17) is 9.84 Å². The van der Waals surface area contributed by atoms with Crippen LogP contribution in [-0.4, -0.2) is 30.8 Å². The average Bonchev–Trinajstić information content (AvgIpc) is 2.34. The first kappa shape index (κ1) is 13.5. The van der Waals surface area contributed by atoms with Gasteiger partial charge in [-0.3, -0.25) is 4.79 Å². The van der Waals surface area contributed by atoms with Gasteiger partial charge in [-0.25, -0.2) is 0 Å². The summed E-state index contributed by atoms with van der Waals surface area (Å²) in [4.78, 5) is 11.4. The van der Waals surface area contributed by atoms with Gasteiger partial charge in [-0.2, -0.15) is 0 Å². The van der Waals surface area contributed by atoms with E-state index in [1.165, 1.54) is 0 Å². The van der Waals surface area contributed by atoms with Crippen LogP contribution in [0.25, 0.3) is 0 Å². The van der Waals surface area contributed by atoms with Crippen LogP contribution in [0.1, 0.15) is 18.4 Å². The maximum absolute atomic E-state index is 11.4. The van der Waals surface area contributed by atoms with Crippen molar-refractivity contribution in [2.75, 3.05) is 19.8 Å². The summed E-state index contributed by atoms with van der Waals surface area (Å²) in [5.74, 6) is 0.601. The Morgan fingerprint density at radius 1 is 1.35 bits per heavy atom. The molecule has 1 aromatic carbocycles. The van der Waals surface area contributed by atoms with Gasteiger partial charge in [0.2, 0.25) is 0 Å². The second-order valence-electron chi connectivity index (χ2n) is 3.83. The Bertz CT molecular complexity index is 352. The number of hydrogen-bond donors (Lipinski definition) is 2. The summed E-state index contributed by atoms with van der Waals surface area (Å²) in [5, 5.41) is 11.3. The third-order valence-electron chi connectivity index (χ3n) is 2.36. The first-order valence-electron chi connectivity index (χ1n) is 5.80. The van der Waals surface area contributed by atoms with E-state index >= 15 is 0 Å². The van der Waals surface area contributed by atoms with Crippen molar-refractivity contribution < 1.29 is 14.6 Å². The lowest BCUT2D eigenvalue weighted by molar-refractivity contribution is -0.123. The first-order valence-corrected chi connectivity index (χ1v) is 5.80. The molecule has 1 amide bonds. The highest BCUT2D eigenvalue weighted by molar-refractivity contribution is 5.77. The molecular formula is C13H19NO3. The summed E-state index contributed by atoms with van der Waals surface area (Å²) in [6.07, 6.45) is 1.49. The minimum Gasteiger partial charge on any atom is -0.484 e. The number of carbonyl (C=O) groups excluding carboxylic acids is 1. The monoisotopic (exact) mass is 237 g/mol. The molecule has 0 spiro atoms. The number of aliphatic hydroxyl groups is 1. The molecule has 0 aliphatic heterocycles. The second kappa shape index (κ2) is 7.68. The van der Waals surface area contributed by atoms with Gasteiger partial charge in [0, 0.05) is 13.2 Å². The van der Waals surface area contributed by atoms with Gasteiger partial charge in [0.1, 0.15) is 5.75 Å². The van der Waals surface area contributed by atoms with Gasteiger partial charge in [-0.05, 0) is 31.4 Å². The molecule has 0 fully saturated rings. The van der Waals surface area contributed by atoms with Crippen molar-refractivity contribution in [3.8, 4) is 5.75 Å². The van der Waals surface area contributed by atoms with Crippen molar-refractivity contribution in [1.29, 1.82) is 0 Å². The Hall–Kier alpha value is -1.55. The molecule has 4 heteroatoms. The molecular weight excluding hydrogens is 218 g/mol. The maximum Gasteiger partial charge on any atom is 0.257 e. The van der Waals surface area contributed by atoms with E-state index in [2.05, 4.69) is 5.32 Å². The lowest BCUT2D eigenvalue weighted by Gasteiger charge is -2.09. The van der Waals surface area contributed by atoms with E-state index in [0.29, 0.717) is 13.0 Å². The molecule has 0 unspecified atom stereocenters. The zero-order valence-corrected chi connectivity index (χ0v) is 10.1. The summed E-state index contributed by atoms with van der Waals surface area (Å²) in [6.45, 7) is 2.71. The number of nitrogens with one attached hydrogen (secondary N) is 1. The third kappa shape index (κ3) is 5.36. The second-order valence-corrected chi connectivity index (χ2v) is 3.83. The van der Waals surface area contributed by atoms with Crippen LogP contribution in [0.2, 0.25) is 0 Å². The summed E-state index contributed by atoms with van der Waals surface area (Å²) < 4.78 is 5.39. The maximum atomic E-state index is 11.4. The molecule has 0 aromatic heterocycles. The van der Waals surface area contributed by atoms with Gasteiger partial charge >= 0.3 is 0 Å². The first-order chi connectivity index (χ1) is 8.24. The number of amides is 1. The number of hydrogen-bond acceptors (Lipinski definition) is 3. The molecule has 17 heavy (non-hydrogen) atoms. The van der Waals surface area contributed by atoms with Gasteiger partial charge in [-0.15, -0.1) is 0 Å². The number of benzene rings is 1. The predicted octanol–water partition coefficient (Wildman–Crippen LogP) is 1.26. The minimum atomic E-state index is -0.133. The fourth-order valence-electron chi connectivity index (χ4n) is 1.38. The van der Waals surface area contributed by atoms with E-state index in [-0.39, 0.29) is 19.1 Å². The molecule has 0 saturated carbocycles. The van der Waals surface area contributed by atoms with Crippen molar-refractivity contribution in [2.24, 2.45) is 0 Å². The molecule has 0 aliphatic carbocycles. The Labute approximate surface area is 102 Å². The van der Waals surface area contributed by atoms with Crippen LogP contribution in [0.5, 0.6) is 5.75 Å². The van der Waals surface area contributed by atoms with Crippen LogP contribution in [0.3, 0.4) is 0 Å². The molecule has 0 radical (unpaired) electrons. The highest BCUT2D eigenvalue weighted by Gasteiger charge is 2.03. The summed E-state index contributed by atoms with van der Waals surface area (Å²) in [7, 11) is 0. The standard InChI is InChI=1S/C13H19NO3/c1-11-6-2-3-7-12(11)17-10-13(16)14-8-4-5-9-15/h2-3,6-7,15H,4-5,8-10H2,1H3,(H,14,16). The van der Waals surface area contributed by atoms with Crippen molar-refractivity contribution in [3.05, 3.63) is 29.8 Å². The normalized spacial score (nSPS) is 10.0. The highest BCUT2D eigenvalue weighted by Crippen LogP contribution is 2.15. The summed E-state index contributed by atoms with van der Waals surface area (Å²) >= 11 is 0. The number of rotatable bonds is 7. The number of aliphatic hydroxyl groups excluding tert-OH is 1. The van der Waals surface area contributed by atoms with E-state index in [1.807, 2.05) is 31.2 Å². The van der Waals surface area contributed by atoms with E-state index in [0.717, 1.165) is 17.7 Å².